The lowest BCUT2D eigenvalue weighted by molar-refractivity contribution is -0.119. The van der Waals surface area contributed by atoms with E-state index in [1.54, 1.807) is 18.5 Å². The molecule has 0 bridgehead atoms. The number of carbonyl (C=O) groups is 1. The molecular weight excluding hydrogens is 384 g/mol. The molecule has 1 unspecified atom stereocenters. The van der Waals surface area contributed by atoms with Crippen LogP contribution in [0.3, 0.4) is 0 Å². The first-order chi connectivity index (χ1) is 11.2. The summed E-state index contributed by atoms with van der Waals surface area (Å²) < 4.78 is 29.2. The van der Waals surface area contributed by atoms with E-state index in [1.807, 2.05) is 20.8 Å². The van der Waals surface area contributed by atoms with Gasteiger partial charge in [-0.2, -0.15) is 10.2 Å². The Morgan fingerprint density at radius 2 is 1.88 bits per heavy atom. The van der Waals surface area contributed by atoms with Crippen LogP contribution in [0.2, 0.25) is 0 Å². The quantitative estimate of drug-likeness (QED) is 0.822. The third-order valence-electron chi connectivity index (χ3n) is 3.98. The molecule has 2 rings (SSSR count). The molecule has 2 heterocycles. The molecule has 0 aliphatic carbocycles. The first-order valence-corrected chi connectivity index (χ1v) is 8.35. The standard InChI is InChI=1S/C15H20BrF2N5O/c1-6-22-9(4)12(7(2)20-22)19-15(24)10(5)23-8(3)11(16)13(21-23)14(17)18/h10,14H,6H2,1-5H3,(H,19,24). The molecule has 0 saturated carbocycles. The lowest BCUT2D eigenvalue weighted by Crippen LogP contribution is -2.25. The van der Waals surface area contributed by atoms with Crippen LogP contribution in [0.5, 0.6) is 0 Å². The van der Waals surface area contributed by atoms with Gasteiger partial charge in [-0.1, -0.05) is 0 Å². The Balaban J connectivity index is 2.28. The minimum atomic E-state index is -2.71. The van der Waals surface area contributed by atoms with Gasteiger partial charge in [-0.05, 0) is 50.5 Å². The second-order valence-electron chi connectivity index (χ2n) is 5.56. The van der Waals surface area contributed by atoms with Gasteiger partial charge in [-0.3, -0.25) is 14.2 Å². The van der Waals surface area contributed by atoms with Gasteiger partial charge in [0.15, 0.2) is 0 Å². The number of anilines is 1. The van der Waals surface area contributed by atoms with Gasteiger partial charge in [-0.15, -0.1) is 0 Å². The van der Waals surface area contributed by atoms with Crippen LogP contribution in [0.25, 0.3) is 0 Å². The Hall–Kier alpha value is -1.77. The molecule has 0 saturated heterocycles. The van der Waals surface area contributed by atoms with Crippen LogP contribution in [-0.2, 0) is 11.3 Å². The zero-order valence-corrected chi connectivity index (χ0v) is 15.8. The van der Waals surface area contributed by atoms with Gasteiger partial charge in [0.1, 0.15) is 11.7 Å². The molecule has 2 aromatic rings. The fraction of sp³-hybridized carbons (Fsp3) is 0.533. The molecule has 2 aromatic heterocycles. The van der Waals surface area contributed by atoms with Crippen molar-refractivity contribution in [3.05, 3.63) is 27.2 Å². The van der Waals surface area contributed by atoms with Crippen molar-refractivity contribution in [3.63, 3.8) is 0 Å². The number of aryl methyl sites for hydroxylation is 2. The van der Waals surface area contributed by atoms with Crippen molar-refractivity contribution >= 4 is 27.5 Å². The van der Waals surface area contributed by atoms with Gasteiger partial charge in [0, 0.05) is 6.54 Å². The lowest BCUT2D eigenvalue weighted by atomic mass is 10.2. The summed E-state index contributed by atoms with van der Waals surface area (Å²) in [6, 6.07) is -0.738. The number of aromatic nitrogens is 4. The topological polar surface area (TPSA) is 64.7 Å². The van der Waals surface area contributed by atoms with Gasteiger partial charge in [0.2, 0.25) is 5.91 Å². The number of hydrogen-bond donors (Lipinski definition) is 1. The number of carbonyl (C=O) groups excluding carboxylic acids is 1. The van der Waals surface area contributed by atoms with Crippen molar-refractivity contribution < 1.29 is 13.6 Å². The SMILES string of the molecule is CCn1nc(C)c(NC(=O)C(C)n2nc(C(F)F)c(Br)c2C)c1C. The van der Waals surface area contributed by atoms with Gasteiger partial charge in [-0.25, -0.2) is 8.78 Å². The smallest absolute Gasteiger partial charge is 0.283 e. The lowest BCUT2D eigenvalue weighted by Gasteiger charge is -2.15. The first kappa shape index (κ1) is 18.6. The van der Waals surface area contributed by atoms with Gasteiger partial charge >= 0.3 is 0 Å². The number of hydrogen-bond acceptors (Lipinski definition) is 3. The Morgan fingerprint density at radius 1 is 1.25 bits per heavy atom. The summed E-state index contributed by atoms with van der Waals surface area (Å²) in [6.07, 6.45) is -2.71. The Bertz CT molecular complexity index is 768. The van der Waals surface area contributed by atoms with E-state index in [2.05, 4.69) is 31.4 Å². The molecule has 132 valence electrons. The second kappa shape index (κ2) is 7.00. The summed E-state index contributed by atoms with van der Waals surface area (Å²) >= 11 is 3.11. The van der Waals surface area contributed by atoms with E-state index in [4.69, 9.17) is 0 Å². The molecule has 0 aromatic carbocycles. The minimum Gasteiger partial charge on any atom is -0.321 e. The van der Waals surface area contributed by atoms with E-state index < -0.39 is 12.5 Å². The van der Waals surface area contributed by atoms with E-state index in [-0.39, 0.29) is 16.1 Å². The van der Waals surface area contributed by atoms with Crippen molar-refractivity contribution in [3.8, 4) is 0 Å². The first-order valence-electron chi connectivity index (χ1n) is 7.56. The summed E-state index contributed by atoms with van der Waals surface area (Å²) in [4.78, 5) is 12.5. The molecule has 1 amide bonds. The monoisotopic (exact) mass is 403 g/mol. The molecule has 0 fully saturated rings. The number of nitrogens with one attached hydrogen (secondary N) is 1. The van der Waals surface area contributed by atoms with E-state index in [0.29, 0.717) is 23.6 Å². The largest absolute Gasteiger partial charge is 0.321 e. The highest BCUT2D eigenvalue weighted by Crippen LogP contribution is 2.31. The highest BCUT2D eigenvalue weighted by Gasteiger charge is 2.26. The predicted octanol–water partition coefficient (Wildman–Crippen LogP) is 3.92. The van der Waals surface area contributed by atoms with Crippen molar-refractivity contribution in [2.75, 3.05) is 5.32 Å². The minimum absolute atomic E-state index is 0.225. The van der Waals surface area contributed by atoms with Crippen LogP contribution in [0.1, 0.15) is 49.1 Å². The zero-order chi connectivity index (χ0) is 18.2. The highest BCUT2D eigenvalue weighted by atomic mass is 79.9. The number of amides is 1. The van der Waals surface area contributed by atoms with E-state index in [9.17, 15) is 13.6 Å². The Labute approximate surface area is 147 Å². The molecule has 9 heteroatoms. The molecule has 0 aliphatic rings. The third kappa shape index (κ3) is 3.22. The Kier molecular flexibility index (Phi) is 5.42. The van der Waals surface area contributed by atoms with Crippen LogP contribution in [0, 0.1) is 20.8 Å². The number of rotatable bonds is 5. The van der Waals surface area contributed by atoms with Crippen LogP contribution >= 0.6 is 15.9 Å². The molecule has 0 spiro atoms. The number of nitrogens with zero attached hydrogens (tertiary/aromatic N) is 4. The van der Waals surface area contributed by atoms with E-state index >= 15 is 0 Å². The maximum Gasteiger partial charge on any atom is 0.283 e. The summed E-state index contributed by atoms with van der Waals surface area (Å²) in [6.45, 7) is 9.59. The van der Waals surface area contributed by atoms with Gasteiger partial charge in [0.25, 0.3) is 6.43 Å². The van der Waals surface area contributed by atoms with Gasteiger partial charge < -0.3 is 5.32 Å². The van der Waals surface area contributed by atoms with Crippen LogP contribution in [0.15, 0.2) is 4.47 Å². The van der Waals surface area contributed by atoms with E-state index in [1.165, 1.54) is 4.68 Å². The predicted molar refractivity (Wildman–Crippen MR) is 90.3 cm³/mol. The third-order valence-corrected chi connectivity index (χ3v) is 4.96. The maximum atomic E-state index is 13.0. The summed E-state index contributed by atoms with van der Waals surface area (Å²) in [7, 11) is 0. The average molecular weight is 404 g/mol. The van der Waals surface area contributed by atoms with Crippen molar-refractivity contribution in [2.45, 2.75) is 53.6 Å². The fourth-order valence-corrected chi connectivity index (χ4v) is 3.00. The van der Waals surface area contributed by atoms with Crippen molar-refractivity contribution in [2.24, 2.45) is 0 Å². The van der Waals surface area contributed by atoms with Crippen molar-refractivity contribution in [1.29, 1.82) is 0 Å². The normalized spacial score (nSPS) is 12.7. The molecule has 1 N–H and O–H groups in total. The molecule has 1 atom stereocenters. The average Bonchev–Trinajstić information content (AvgIpc) is 2.98. The number of halogens is 3. The highest BCUT2D eigenvalue weighted by molar-refractivity contribution is 9.10. The second-order valence-corrected chi connectivity index (χ2v) is 6.35. The fourth-order valence-electron chi connectivity index (χ4n) is 2.56. The van der Waals surface area contributed by atoms with Crippen LogP contribution in [0.4, 0.5) is 14.5 Å². The molecule has 24 heavy (non-hydrogen) atoms. The maximum absolute atomic E-state index is 13.0. The molecule has 0 aliphatic heterocycles. The summed E-state index contributed by atoms with van der Waals surface area (Å²) in [5, 5.41) is 11.1. The molecule has 0 radical (unpaired) electrons. The van der Waals surface area contributed by atoms with E-state index in [0.717, 1.165) is 5.69 Å². The van der Waals surface area contributed by atoms with Crippen molar-refractivity contribution in [1.82, 2.24) is 19.6 Å². The summed E-state index contributed by atoms with van der Waals surface area (Å²) in [5.74, 6) is -0.337. The number of alkyl halides is 2. The zero-order valence-electron chi connectivity index (χ0n) is 14.2. The Morgan fingerprint density at radius 3 is 2.33 bits per heavy atom. The van der Waals surface area contributed by atoms with Crippen LogP contribution in [-0.4, -0.2) is 25.5 Å². The summed E-state index contributed by atoms with van der Waals surface area (Å²) in [5.41, 5.74) is 2.32. The molecular formula is C15H20BrF2N5O. The van der Waals surface area contributed by atoms with Crippen LogP contribution < -0.4 is 5.32 Å². The van der Waals surface area contributed by atoms with Gasteiger partial charge in [0.05, 0.1) is 27.2 Å². The molecule has 6 nitrogen and oxygen atoms in total.